The molecule has 5 heteroatoms. The Morgan fingerprint density at radius 1 is 1.55 bits per heavy atom. The zero-order chi connectivity index (χ0) is 13.9. The second kappa shape index (κ2) is 5.33. The van der Waals surface area contributed by atoms with Gasteiger partial charge in [0.25, 0.3) is 0 Å². The van der Waals surface area contributed by atoms with Crippen LogP contribution in [0, 0.1) is 17.2 Å². The Morgan fingerprint density at radius 2 is 2.45 bits per heavy atom. The lowest BCUT2D eigenvalue weighted by atomic mass is 9.95. The van der Waals surface area contributed by atoms with E-state index in [0.29, 0.717) is 18.2 Å². The number of carbonyl (C=O) groups excluding carboxylic acids is 1. The van der Waals surface area contributed by atoms with Crippen molar-refractivity contribution in [2.45, 2.75) is 31.8 Å². The number of rotatable bonds is 3. The lowest BCUT2D eigenvalue weighted by molar-refractivity contribution is 0.236. The van der Waals surface area contributed by atoms with E-state index in [1.54, 1.807) is 18.3 Å². The van der Waals surface area contributed by atoms with Crippen LogP contribution in [0.25, 0.3) is 0 Å². The molecule has 1 heterocycles. The number of amides is 2. The van der Waals surface area contributed by atoms with Gasteiger partial charge in [-0.15, -0.1) is 0 Å². The lowest BCUT2D eigenvalue weighted by Gasteiger charge is -2.22. The van der Waals surface area contributed by atoms with Crippen molar-refractivity contribution in [2.75, 3.05) is 0 Å². The first-order valence-corrected chi connectivity index (χ1v) is 6.84. The number of pyridine rings is 1. The van der Waals surface area contributed by atoms with Crippen molar-refractivity contribution < 1.29 is 4.79 Å². The van der Waals surface area contributed by atoms with Gasteiger partial charge in [0.05, 0.1) is 6.04 Å². The van der Waals surface area contributed by atoms with Gasteiger partial charge in [-0.05, 0) is 42.9 Å². The van der Waals surface area contributed by atoms with E-state index in [1.165, 1.54) is 12.0 Å². The summed E-state index contributed by atoms with van der Waals surface area (Å²) >= 11 is 0. The molecule has 0 saturated heterocycles. The summed E-state index contributed by atoms with van der Waals surface area (Å²) in [4.78, 5) is 15.8. The largest absolute Gasteiger partial charge is 0.334 e. The van der Waals surface area contributed by atoms with E-state index in [-0.39, 0.29) is 12.1 Å². The summed E-state index contributed by atoms with van der Waals surface area (Å²) in [5.41, 5.74) is 2.61. The molecule has 1 aromatic rings. The zero-order valence-corrected chi connectivity index (χ0v) is 11.1. The van der Waals surface area contributed by atoms with E-state index in [1.807, 2.05) is 6.07 Å². The number of nitriles is 1. The molecule has 0 aliphatic heterocycles. The third kappa shape index (κ3) is 2.64. The number of urea groups is 1. The minimum Gasteiger partial charge on any atom is -0.334 e. The highest BCUT2D eigenvalue weighted by Gasteiger charge is 2.32. The summed E-state index contributed by atoms with van der Waals surface area (Å²) in [5, 5.41) is 14.6. The molecular weight excluding hydrogens is 252 g/mol. The van der Waals surface area contributed by atoms with E-state index >= 15 is 0 Å². The van der Waals surface area contributed by atoms with Crippen molar-refractivity contribution in [2.24, 2.45) is 5.92 Å². The number of allylic oxidation sites excluding steroid dienone is 1. The standard InChI is InChI=1S/C15H16N4O/c16-8-13-6-11(3-4-17-13)9-18-15(20)19-14-7-10-1-2-12(14)5-10/h3-6,10,14H,1-2,7,9H2,(H2,18,19,20)/t10-,14+/m1/s1. The van der Waals surface area contributed by atoms with E-state index < -0.39 is 0 Å². The van der Waals surface area contributed by atoms with E-state index in [0.717, 1.165) is 18.4 Å². The van der Waals surface area contributed by atoms with Crippen LogP contribution in [0.3, 0.4) is 0 Å². The maximum Gasteiger partial charge on any atom is 0.315 e. The minimum absolute atomic E-state index is 0.154. The first-order valence-electron chi connectivity index (χ1n) is 6.84. The number of hydrogen-bond acceptors (Lipinski definition) is 3. The van der Waals surface area contributed by atoms with Crippen molar-refractivity contribution in [3.8, 4) is 6.07 Å². The van der Waals surface area contributed by atoms with Crippen LogP contribution >= 0.6 is 0 Å². The third-order valence-electron chi connectivity index (χ3n) is 3.94. The molecule has 3 rings (SSSR count). The molecule has 0 aromatic carbocycles. The van der Waals surface area contributed by atoms with Crippen LogP contribution in [0.5, 0.6) is 0 Å². The number of aromatic nitrogens is 1. The number of nitrogens with zero attached hydrogens (tertiary/aromatic N) is 2. The van der Waals surface area contributed by atoms with Crippen LogP contribution in [-0.2, 0) is 6.54 Å². The Bertz CT molecular complexity index is 602. The van der Waals surface area contributed by atoms with Gasteiger partial charge in [-0.1, -0.05) is 11.6 Å². The molecule has 2 amide bonds. The molecule has 0 spiro atoms. The van der Waals surface area contributed by atoms with Crippen LogP contribution in [0.1, 0.15) is 30.5 Å². The predicted octanol–water partition coefficient (Wildman–Crippen LogP) is 1.86. The van der Waals surface area contributed by atoms with Crippen molar-refractivity contribution >= 4 is 6.03 Å². The van der Waals surface area contributed by atoms with E-state index in [2.05, 4.69) is 21.7 Å². The van der Waals surface area contributed by atoms with Gasteiger partial charge in [0.2, 0.25) is 0 Å². The molecule has 2 bridgehead atoms. The van der Waals surface area contributed by atoms with Gasteiger partial charge in [0.15, 0.2) is 0 Å². The average Bonchev–Trinajstić information content (AvgIpc) is 3.08. The van der Waals surface area contributed by atoms with Gasteiger partial charge in [0.1, 0.15) is 11.8 Å². The maximum absolute atomic E-state index is 11.9. The highest BCUT2D eigenvalue weighted by Crippen LogP contribution is 2.38. The highest BCUT2D eigenvalue weighted by atomic mass is 16.2. The highest BCUT2D eigenvalue weighted by molar-refractivity contribution is 5.74. The zero-order valence-electron chi connectivity index (χ0n) is 11.1. The molecule has 5 nitrogen and oxygen atoms in total. The SMILES string of the molecule is N#Cc1cc(CNC(=O)N[C@H]2C[C@H]3C=C2CC3)ccn1. The fraction of sp³-hybridized carbons (Fsp3) is 0.400. The number of carbonyl (C=O) groups is 1. The van der Waals surface area contributed by atoms with Gasteiger partial charge >= 0.3 is 6.03 Å². The predicted molar refractivity (Wildman–Crippen MR) is 73.5 cm³/mol. The Labute approximate surface area is 117 Å². The molecule has 20 heavy (non-hydrogen) atoms. The summed E-state index contributed by atoms with van der Waals surface area (Å²) in [5.74, 6) is 0.661. The molecule has 0 unspecified atom stereocenters. The second-order valence-corrected chi connectivity index (χ2v) is 5.32. The Kier molecular flexibility index (Phi) is 3.38. The first kappa shape index (κ1) is 12.7. The third-order valence-corrected chi connectivity index (χ3v) is 3.94. The number of nitrogens with one attached hydrogen (secondary N) is 2. The number of hydrogen-bond donors (Lipinski definition) is 2. The van der Waals surface area contributed by atoms with Crippen molar-refractivity contribution in [3.63, 3.8) is 0 Å². The van der Waals surface area contributed by atoms with E-state index in [9.17, 15) is 4.79 Å². The van der Waals surface area contributed by atoms with Gasteiger partial charge in [0, 0.05) is 12.7 Å². The quantitative estimate of drug-likeness (QED) is 0.821. The molecule has 2 atom stereocenters. The fourth-order valence-corrected chi connectivity index (χ4v) is 2.94. The second-order valence-electron chi connectivity index (χ2n) is 5.32. The monoisotopic (exact) mass is 268 g/mol. The molecule has 0 radical (unpaired) electrons. The first-order chi connectivity index (χ1) is 9.74. The van der Waals surface area contributed by atoms with Gasteiger partial charge in [-0.2, -0.15) is 5.26 Å². The molecule has 0 fully saturated rings. The summed E-state index contributed by atoms with van der Waals surface area (Å²) in [6, 6.07) is 5.51. The fourth-order valence-electron chi connectivity index (χ4n) is 2.94. The summed E-state index contributed by atoms with van der Waals surface area (Å²) in [6.07, 6.45) is 7.27. The Balaban J connectivity index is 1.50. The summed E-state index contributed by atoms with van der Waals surface area (Å²) in [7, 11) is 0. The molecular formula is C15H16N4O. The molecule has 2 aliphatic carbocycles. The Morgan fingerprint density at radius 3 is 3.15 bits per heavy atom. The average molecular weight is 268 g/mol. The molecule has 102 valence electrons. The minimum atomic E-state index is -0.154. The molecule has 1 aromatic heterocycles. The topological polar surface area (TPSA) is 77.8 Å². The van der Waals surface area contributed by atoms with Crippen LogP contribution in [0.4, 0.5) is 4.79 Å². The van der Waals surface area contributed by atoms with Crippen LogP contribution in [-0.4, -0.2) is 17.1 Å². The van der Waals surface area contributed by atoms with Crippen molar-refractivity contribution in [1.82, 2.24) is 15.6 Å². The molecule has 2 N–H and O–H groups in total. The van der Waals surface area contributed by atoms with Crippen LogP contribution < -0.4 is 10.6 Å². The van der Waals surface area contributed by atoms with E-state index in [4.69, 9.17) is 5.26 Å². The maximum atomic E-state index is 11.9. The van der Waals surface area contributed by atoms with Gasteiger partial charge in [-0.3, -0.25) is 0 Å². The van der Waals surface area contributed by atoms with Gasteiger partial charge in [-0.25, -0.2) is 9.78 Å². The Hall–Kier alpha value is -2.35. The van der Waals surface area contributed by atoms with Gasteiger partial charge < -0.3 is 10.6 Å². The summed E-state index contributed by atoms with van der Waals surface area (Å²) in [6.45, 7) is 0.401. The van der Waals surface area contributed by atoms with Crippen molar-refractivity contribution in [1.29, 1.82) is 5.26 Å². The number of fused-ring (bicyclic) bond motifs is 1. The smallest absolute Gasteiger partial charge is 0.315 e. The van der Waals surface area contributed by atoms with Crippen molar-refractivity contribution in [3.05, 3.63) is 41.2 Å². The lowest BCUT2D eigenvalue weighted by Crippen LogP contribution is -2.42. The van der Waals surface area contributed by atoms with Crippen LogP contribution in [0.2, 0.25) is 0 Å². The summed E-state index contributed by atoms with van der Waals surface area (Å²) < 4.78 is 0. The van der Waals surface area contributed by atoms with Crippen LogP contribution in [0.15, 0.2) is 30.0 Å². The normalized spacial score (nSPS) is 23.1. The molecule has 2 aliphatic rings. The molecule has 0 saturated carbocycles.